The quantitative estimate of drug-likeness (QED) is 0.670. The Labute approximate surface area is 149 Å². The largest absolute Gasteiger partial charge is 0.494 e. The van der Waals surface area contributed by atoms with E-state index in [4.69, 9.17) is 4.74 Å². The molecular weight excluding hydrogens is 312 g/mol. The number of hydrogen-bond donors (Lipinski definition) is 2. The number of benzene rings is 2. The first-order chi connectivity index (χ1) is 12.3. The summed E-state index contributed by atoms with van der Waals surface area (Å²) in [6, 6.07) is 18.5. The molecule has 25 heavy (non-hydrogen) atoms. The third-order valence-electron chi connectivity index (χ3n) is 4.45. The lowest BCUT2D eigenvalue weighted by Crippen LogP contribution is -2.18. The van der Waals surface area contributed by atoms with Gasteiger partial charge in [0.05, 0.1) is 12.6 Å². The summed E-state index contributed by atoms with van der Waals surface area (Å²) in [5, 5.41) is 6.50. The first-order valence-electron chi connectivity index (χ1n) is 9.12. The number of para-hydroxylation sites is 1. The third-order valence-corrected chi connectivity index (χ3v) is 4.45. The molecule has 1 amide bonds. The van der Waals surface area contributed by atoms with Crippen LogP contribution >= 0.6 is 0 Å². The van der Waals surface area contributed by atoms with Gasteiger partial charge < -0.3 is 15.4 Å². The normalized spacial score (nSPS) is 16.5. The van der Waals surface area contributed by atoms with Crippen molar-refractivity contribution in [1.29, 1.82) is 0 Å². The Balaban J connectivity index is 1.32. The van der Waals surface area contributed by atoms with Crippen LogP contribution in [0.2, 0.25) is 0 Å². The Morgan fingerprint density at radius 2 is 1.92 bits per heavy atom. The molecule has 2 aromatic carbocycles. The molecule has 1 unspecified atom stereocenters. The van der Waals surface area contributed by atoms with E-state index in [9.17, 15) is 4.79 Å². The number of amides is 1. The summed E-state index contributed by atoms with van der Waals surface area (Å²) in [6.45, 7) is 1.71. The highest BCUT2D eigenvalue weighted by atomic mass is 16.5. The monoisotopic (exact) mass is 338 g/mol. The first kappa shape index (κ1) is 17.3. The van der Waals surface area contributed by atoms with Crippen molar-refractivity contribution in [3.05, 3.63) is 60.2 Å². The summed E-state index contributed by atoms with van der Waals surface area (Å²) >= 11 is 0. The molecule has 1 aliphatic rings. The van der Waals surface area contributed by atoms with Gasteiger partial charge in [-0.1, -0.05) is 30.3 Å². The predicted octanol–water partition coefficient (Wildman–Crippen LogP) is 4.30. The molecule has 0 bridgehead atoms. The number of unbranched alkanes of at least 4 members (excludes halogenated alkanes) is 2. The first-order valence-corrected chi connectivity index (χ1v) is 9.12. The van der Waals surface area contributed by atoms with Crippen LogP contribution in [-0.4, -0.2) is 19.1 Å². The summed E-state index contributed by atoms with van der Waals surface area (Å²) in [4.78, 5) is 11.4. The highest BCUT2D eigenvalue weighted by molar-refractivity contribution is 5.78. The van der Waals surface area contributed by atoms with Crippen molar-refractivity contribution in [2.24, 2.45) is 0 Å². The van der Waals surface area contributed by atoms with Crippen LogP contribution < -0.4 is 15.4 Å². The van der Waals surface area contributed by atoms with Crippen molar-refractivity contribution < 1.29 is 9.53 Å². The number of nitrogens with one attached hydrogen (secondary N) is 2. The smallest absolute Gasteiger partial charge is 0.220 e. The summed E-state index contributed by atoms with van der Waals surface area (Å²) in [6.07, 6.45) is 4.84. The molecule has 0 spiro atoms. The summed E-state index contributed by atoms with van der Waals surface area (Å²) in [7, 11) is 0. The minimum atomic E-state index is 0.154. The molecule has 1 fully saturated rings. The van der Waals surface area contributed by atoms with E-state index in [1.807, 2.05) is 30.3 Å². The summed E-state index contributed by atoms with van der Waals surface area (Å²) < 4.78 is 5.70. The van der Waals surface area contributed by atoms with E-state index < -0.39 is 0 Å². The topological polar surface area (TPSA) is 50.4 Å². The number of anilines is 1. The maximum atomic E-state index is 11.4. The second-order valence-corrected chi connectivity index (χ2v) is 6.43. The van der Waals surface area contributed by atoms with E-state index in [1.54, 1.807) is 0 Å². The van der Waals surface area contributed by atoms with Crippen LogP contribution in [0.5, 0.6) is 5.75 Å². The van der Waals surface area contributed by atoms with Crippen LogP contribution in [0.4, 0.5) is 5.69 Å². The van der Waals surface area contributed by atoms with Gasteiger partial charge in [0, 0.05) is 18.7 Å². The molecule has 2 N–H and O–H groups in total. The Morgan fingerprint density at radius 3 is 2.72 bits per heavy atom. The van der Waals surface area contributed by atoms with E-state index in [2.05, 4.69) is 34.9 Å². The van der Waals surface area contributed by atoms with Gasteiger partial charge >= 0.3 is 0 Å². The van der Waals surface area contributed by atoms with Crippen LogP contribution in [0.25, 0.3) is 0 Å². The zero-order chi connectivity index (χ0) is 17.3. The average molecular weight is 338 g/mol. The van der Waals surface area contributed by atoms with E-state index >= 15 is 0 Å². The molecule has 1 aliphatic heterocycles. The molecule has 0 aliphatic carbocycles. The lowest BCUT2D eigenvalue weighted by atomic mass is 10.0. The van der Waals surface area contributed by atoms with Gasteiger partial charge in [0.1, 0.15) is 5.75 Å². The molecule has 0 saturated carbocycles. The van der Waals surface area contributed by atoms with Gasteiger partial charge in [0.2, 0.25) is 5.91 Å². The van der Waals surface area contributed by atoms with Crippen molar-refractivity contribution in [3.8, 4) is 5.75 Å². The molecule has 132 valence electrons. The van der Waals surface area contributed by atoms with Crippen molar-refractivity contribution in [2.75, 3.05) is 18.5 Å². The number of carbonyl (C=O) groups is 1. The second kappa shape index (κ2) is 9.11. The Hall–Kier alpha value is -2.49. The Morgan fingerprint density at radius 1 is 1.04 bits per heavy atom. The maximum absolute atomic E-state index is 11.4. The van der Waals surface area contributed by atoms with Crippen molar-refractivity contribution in [2.45, 2.75) is 38.1 Å². The van der Waals surface area contributed by atoms with Crippen LogP contribution in [0.3, 0.4) is 0 Å². The molecule has 3 rings (SSSR count). The van der Waals surface area contributed by atoms with Gasteiger partial charge in [-0.3, -0.25) is 4.79 Å². The summed E-state index contributed by atoms with van der Waals surface area (Å²) in [5.41, 5.74) is 2.31. The van der Waals surface area contributed by atoms with E-state index in [0.717, 1.165) is 50.3 Å². The lowest BCUT2D eigenvalue weighted by molar-refractivity contribution is -0.119. The molecule has 4 heteroatoms. The fourth-order valence-corrected chi connectivity index (χ4v) is 3.07. The fraction of sp³-hybridized carbons (Fsp3) is 0.381. The third kappa shape index (κ3) is 5.52. The number of ether oxygens (including phenoxy) is 1. The Bertz CT molecular complexity index is 673. The molecule has 1 heterocycles. The SMILES string of the molecule is O=C1CCC(c2cccc(NCCCCCOc3ccccc3)c2)N1. The van der Waals surface area contributed by atoms with Crippen LogP contribution in [-0.2, 0) is 4.79 Å². The Kier molecular flexibility index (Phi) is 6.32. The summed E-state index contributed by atoms with van der Waals surface area (Å²) in [5.74, 6) is 1.09. The van der Waals surface area contributed by atoms with E-state index in [1.165, 1.54) is 5.56 Å². The van der Waals surface area contributed by atoms with Crippen molar-refractivity contribution >= 4 is 11.6 Å². The van der Waals surface area contributed by atoms with Gasteiger partial charge in [0.15, 0.2) is 0 Å². The van der Waals surface area contributed by atoms with Crippen molar-refractivity contribution in [1.82, 2.24) is 5.32 Å². The molecule has 2 aromatic rings. The van der Waals surface area contributed by atoms with Crippen molar-refractivity contribution in [3.63, 3.8) is 0 Å². The van der Waals surface area contributed by atoms with Crippen LogP contribution in [0.1, 0.15) is 43.7 Å². The van der Waals surface area contributed by atoms with Gasteiger partial charge in [-0.25, -0.2) is 0 Å². The molecule has 0 radical (unpaired) electrons. The number of rotatable bonds is 9. The highest BCUT2D eigenvalue weighted by Crippen LogP contribution is 2.25. The predicted molar refractivity (Wildman–Crippen MR) is 101 cm³/mol. The minimum absolute atomic E-state index is 0.154. The zero-order valence-electron chi connectivity index (χ0n) is 14.5. The number of hydrogen-bond acceptors (Lipinski definition) is 3. The van der Waals surface area contributed by atoms with Gasteiger partial charge in [-0.05, 0) is 55.5 Å². The standard InChI is InChI=1S/C21H26N2O2/c24-21-13-12-20(23-21)17-8-7-9-18(16-17)22-14-5-2-6-15-25-19-10-3-1-4-11-19/h1,3-4,7-11,16,20,22H,2,5-6,12-15H2,(H,23,24). The fourth-order valence-electron chi connectivity index (χ4n) is 3.07. The maximum Gasteiger partial charge on any atom is 0.220 e. The van der Waals surface area contributed by atoms with Gasteiger partial charge in [-0.2, -0.15) is 0 Å². The minimum Gasteiger partial charge on any atom is -0.494 e. The molecule has 0 aromatic heterocycles. The zero-order valence-corrected chi connectivity index (χ0v) is 14.5. The van der Waals surface area contributed by atoms with Crippen LogP contribution in [0.15, 0.2) is 54.6 Å². The second-order valence-electron chi connectivity index (χ2n) is 6.43. The van der Waals surface area contributed by atoms with Gasteiger partial charge in [0.25, 0.3) is 0 Å². The highest BCUT2D eigenvalue weighted by Gasteiger charge is 2.22. The average Bonchev–Trinajstić information content (AvgIpc) is 3.08. The number of carbonyl (C=O) groups excluding carboxylic acids is 1. The lowest BCUT2D eigenvalue weighted by Gasteiger charge is -2.13. The molecule has 1 atom stereocenters. The van der Waals surface area contributed by atoms with Crippen LogP contribution in [0, 0.1) is 0 Å². The van der Waals surface area contributed by atoms with Gasteiger partial charge in [-0.15, -0.1) is 0 Å². The molecule has 4 nitrogen and oxygen atoms in total. The molecular formula is C21H26N2O2. The van der Waals surface area contributed by atoms with E-state index in [-0.39, 0.29) is 11.9 Å². The molecule has 1 saturated heterocycles. The van der Waals surface area contributed by atoms with E-state index in [0.29, 0.717) is 6.42 Å².